The maximum Gasteiger partial charge on any atom is 0.341 e. The number of esters is 1. The van der Waals surface area contributed by atoms with Gasteiger partial charge in [-0.1, -0.05) is 30.3 Å². The van der Waals surface area contributed by atoms with Crippen LogP contribution in [0.4, 0.5) is 5.00 Å². The Hall–Kier alpha value is -2.86. The molecular formula is C22H21NO4S. The summed E-state index contributed by atoms with van der Waals surface area (Å²) < 4.78 is 10.6. The second-order valence-corrected chi connectivity index (χ2v) is 7.86. The molecule has 0 atom stereocenters. The van der Waals surface area contributed by atoms with Crippen LogP contribution in [0.1, 0.15) is 33.6 Å². The van der Waals surface area contributed by atoms with Crippen LogP contribution in [-0.4, -0.2) is 25.6 Å². The van der Waals surface area contributed by atoms with E-state index in [1.165, 1.54) is 18.4 Å². The van der Waals surface area contributed by atoms with E-state index in [1.54, 1.807) is 0 Å². The van der Waals surface area contributed by atoms with Gasteiger partial charge in [-0.05, 0) is 54.2 Å². The van der Waals surface area contributed by atoms with E-state index in [9.17, 15) is 9.59 Å². The van der Waals surface area contributed by atoms with Crippen molar-refractivity contribution in [2.75, 3.05) is 19.0 Å². The van der Waals surface area contributed by atoms with Crippen LogP contribution in [0, 0.1) is 0 Å². The second kappa shape index (κ2) is 8.02. The molecule has 0 spiro atoms. The number of methoxy groups -OCH3 is 1. The smallest absolute Gasteiger partial charge is 0.341 e. The number of carbonyl (C=O) groups is 2. The quantitative estimate of drug-likeness (QED) is 0.642. The summed E-state index contributed by atoms with van der Waals surface area (Å²) in [5, 5.41) is 5.58. The Morgan fingerprint density at radius 3 is 2.68 bits per heavy atom. The fourth-order valence-corrected chi connectivity index (χ4v) is 4.83. The molecule has 0 saturated heterocycles. The van der Waals surface area contributed by atoms with Crippen LogP contribution in [0.2, 0.25) is 0 Å². The van der Waals surface area contributed by atoms with Gasteiger partial charge in [0.15, 0.2) is 6.61 Å². The van der Waals surface area contributed by atoms with Crippen LogP contribution in [-0.2, 0) is 22.4 Å². The fraction of sp³-hybridized carbons (Fsp3) is 0.273. The zero-order chi connectivity index (χ0) is 19.5. The largest absolute Gasteiger partial charge is 0.484 e. The van der Waals surface area contributed by atoms with Crippen LogP contribution in [0.5, 0.6) is 5.75 Å². The van der Waals surface area contributed by atoms with Gasteiger partial charge in [0.1, 0.15) is 10.8 Å². The van der Waals surface area contributed by atoms with Gasteiger partial charge in [-0.15, -0.1) is 11.3 Å². The minimum Gasteiger partial charge on any atom is -0.484 e. The van der Waals surface area contributed by atoms with Crippen molar-refractivity contribution >= 4 is 39.0 Å². The van der Waals surface area contributed by atoms with Crippen LogP contribution < -0.4 is 10.1 Å². The highest BCUT2D eigenvalue weighted by Crippen LogP contribution is 2.38. The van der Waals surface area contributed by atoms with Crippen LogP contribution >= 0.6 is 11.3 Å². The van der Waals surface area contributed by atoms with E-state index in [4.69, 9.17) is 9.47 Å². The van der Waals surface area contributed by atoms with Crippen molar-refractivity contribution in [1.29, 1.82) is 0 Å². The number of ether oxygens (including phenoxy) is 2. The summed E-state index contributed by atoms with van der Waals surface area (Å²) >= 11 is 1.47. The summed E-state index contributed by atoms with van der Waals surface area (Å²) in [5.74, 6) is -0.0606. The summed E-state index contributed by atoms with van der Waals surface area (Å²) in [7, 11) is 1.36. The van der Waals surface area contributed by atoms with E-state index in [0.717, 1.165) is 46.9 Å². The Balaban J connectivity index is 1.47. The van der Waals surface area contributed by atoms with Crippen molar-refractivity contribution in [2.24, 2.45) is 0 Å². The van der Waals surface area contributed by atoms with Gasteiger partial charge in [0, 0.05) is 4.88 Å². The van der Waals surface area contributed by atoms with Gasteiger partial charge in [0.05, 0.1) is 12.7 Å². The van der Waals surface area contributed by atoms with Gasteiger partial charge in [0.25, 0.3) is 5.91 Å². The van der Waals surface area contributed by atoms with Crippen LogP contribution in [0.25, 0.3) is 10.8 Å². The Morgan fingerprint density at radius 1 is 1.07 bits per heavy atom. The van der Waals surface area contributed by atoms with Gasteiger partial charge < -0.3 is 14.8 Å². The summed E-state index contributed by atoms with van der Waals surface area (Å²) in [6, 6.07) is 13.7. The van der Waals surface area contributed by atoms with Gasteiger partial charge in [-0.25, -0.2) is 4.79 Å². The minimum absolute atomic E-state index is 0.123. The van der Waals surface area contributed by atoms with Gasteiger partial charge in [-0.2, -0.15) is 0 Å². The predicted octanol–water partition coefficient (Wildman–Crippen LogP) is 4.58. The first-order chi connectivity index (χ1) is 13.7. The summed E-state index contributed by atoms with van der Waals surface area (Å²) in [6.07, 6.45) is 3.94. The summed E-state index contributed by atoms with van der Waals surface area (Å²) in [4.78, 5) is 25.9. The summed E-state index contributed by atoms with van der Waals surface area (Å²) in [6.45, 7) is -0.123. The Morgan fingerprint density at radius 2 is 1.86 bits per heavy atom. The number of carbonyl (C=O) groups excluding carboxylic acids is 2. The topological polar surface area (TPSA) is 64.6 Å². The van der Waals surface area contributed by atoms with E-state index >= 15 is 0 Å². The van der Waals surface area contributed by atoms with Crippen molar-refractivity contribution < 1.29 is 19.1 Å². The number of rotatable bonds is 5. The molecule has 5 nitrogen and oxygen atoms in total. The lowest BCUT2D eigenvalue weighted by Gasteiger charge is -2.12. The zero-order valence-corrected chi connectivity index (χ0v) is 16.4. The molecular weight excluding hydrogens is 374 g/mol. The highest BCUT2D eigenvalue weighted by molar-refractivity contribution is 7.17. The molecule has 0 unspecified atom stereocenters. The van der Waals surface area contributed by atoms with Crippen molar-refractivity contribution in [1.82, 2.24) is 0 Å². The Bertz CT molecular complexity index is 1040. The molecule has 6 heteroatoms. The van der Waals surface area contributed by atoms with E-state index < -0.39 is 5.97 Å². The number of anilines is 1. The Labute approximate surface area is 167 Å². The van der Waals surface area contributed by atoms with Crippen molar-refractivity contribution in [3.63, 3.8) is 0 Å². The van der Waals surface area contributed by atoms with Gasteiger partial charge in [0.2, 0.25) is 0 Å². The SMILES string of the molecule is COC(=O)c1c(NC(=O)COc2ccc3ccccc3c2)sc2c1CCCC2. The third-order valence-electron chi connectivity index (χ3n) is 4.90. The molecule has 1 aliphatic carbocycles. The monoisotopic (exact) mass is 395 g/mol. The second-order valence-electron chi connectivity index (χ2n) is 6.75. The van der Waals surface area contributed by atoms with Crippen molar-refractivity contribution in [3.8, 4) is 5.75 Å². The molecule has 1 aromatic heterocycles. The molecule has 28 heavy (non-hydrogen) atoms. The Kier molecular flexibility index (Phi) is 5.30. The molecule has 4 rings (SSSR count). The van der Waals surface area contributed by atoms with Gasteiger partial charge in [-0.3, -0.25) is 4.79 Å². The normalized spacial score (nSPS) is 13.0. The molecule has 0 bridgehead atoms. The number of aryl methyl sites for hydroxylation is 1. The number of fused-ring (bicyclic) bond motifs is 2. The summed E-state index contributed by atoms with van der Waals surface area (Å²) in [5.41, 5.74) is 1.52. The first kappa shape index (κ1) is 18.5. The first-order valence-corrected chi connectivity index (χ1v) is 10.1. The fourth-order valence-electron chi connectivity index (χ4n) is 3.54. The average molecular weight is 395 g/mol. The first-order valence-electron chi connectivity index (χ1n) is 9.30. The van der Waals surface area contributed by atoms with E-state index in [1.807, 2.05) is 42.5 Å². The molecule has 1 N–H and O–H groups in total. The predicted molar refractivity (Wildman–Crippen MR) is 110 cm³/mol. The molecule has 1 amide bonds. The van der Waals surface area contributed by atoms with E-state index in [0.29, 0.717) is 16.3 Å². The maximum absolute atomic E-state index is 12.4. The van der Waals surface area contributed by atoms with Crippen molar-refractivity contribution in [2.45, 2.75) is 25.7 Å². The molecule has 144 valence electrons. The number of nitrogens with one attached hydrogen (secondary N) is 1. The molecule has 0 saturated carbocycles. The number of hydrogen-bond acceptors (Lipinski definition) is 5. The van der Waals surface area contributed by atoms with Gasteiger partial charge >= 0.3 is 5.97 Å². The lowest BCUT2D eigenvalue weighted by molar-refractivity contribution is -0.118. The molecule has 0 fully saturated rings. The number of hydrogen-bond donors (Lipinski definition) is 1. The molecule has 0 aliphatic heterocycles. The minimum atomic E-state index is -0.398. The number of thiophene rings is 1. The number of amides is 1. The van der Waals surface area contributed by atoms with Crippen LogP contribution in [0.3, 0.4) is 0 Å². The van der Waals surface area contributed by atoms with E-state index in [-0.39, 0.29) is 12.5 Å². The average Bonchev–Trinajstić information content (AvgIpc) is 3.09. The third-order valence-corrected chi connectivity index (χ3v) is 6.11. The molecule has 0 radical (unpaired) electrons. The van der Waals surface area contributed by atoms with Crippen LogP contribution in [0.15, 0.2) is 42.5 Å². The highest BCUT2D eigenvalue weighted by atomic mass is 32.1. The highest BCUT2D eigenvalue weighted by Gasteiger charge is 2.26. The maximum atomic E-state index is 12.4. The lowest BCUT2D eigenvalue weighted by atomic mass is 9.95. The lowest BCUT2D eigenvalue weighted by Crippen LogP contribution is -2.21. The molecule has 2 aromatic carbocycles. The van der Waals surface area contributed by atoms with E-state index in [2.05, 4.69) is 5.32 Å². The zero-order valence-electron chi connectivity index (χ0n) is 15.6. The molecule has 1 aliphatic rings. The third kappa shape index (κ3) is 3.73. The molecule has 1 heterocycles. The number of benzene rings is 2. The van der Waals surface area contributed by atoms with Crippen molar-refractivity contribution in [3.05, 3.63) is 58.5 Å². The standard InChI is InChI=1S/C22H21NO4S/c1-26-22(25)20-17-8-4-5-9-18(17)28-21(20)23-19(24)13-27-16-11-10-14-6-2-3-7-15(14)12-16/h2-3,6-7,10-12H,4-5,8-9,13H2,1H3,(H,23,24). The molecule has 3 aromatic rings.